The molecule has 8 heteroatoms. The second-order valence-electron chi connectivity index (χ2n) is 3.87. The lowest BCUT2D eigenvalue weighted by Gasteiger charge is -2.09. The Bertz CT molecular complexity index is 685. The molecule has 0 atom stereocenters. The number of halogens is 1. The van der Waals surface area contributed by atoms with Crippen molar-refractivity contribution in [2.75, 3.05) is 24.3 Å². The van der Waals surface area contributed by atoms with Gasteiger partial charge in [0.2, 0.25) is 11.9 Å². The van der Waals surface area contributed by atoms with Gasteiger partial charge in [-0.2, -0.15) is 20.2 Å². The molecule has 0 aliphatic carbocycles. The van der Waals surface area contributed by atoms with Gasteiger partial charge in [0.15, 0.2) is 0 Å². The predicted molar refractivity (Wildman–Crippen MR) is 74.9 cm³/mol. The maximum Gasteiger partial charge on any atom is 0.323 e. The molecule has 0 spiro atoms. The Morgan fingerprint density at radius 1 is 1.29 bits per heavy atom. The van der Waals surface area contributed by atoms with Crippen LogP contribution in [0.1, 0.15) is 12.5 Å². The Labute approximate surface area is 120 Å². The number of ether oxygens (including phenoxy) is 1. The van der Waals surface area contributed by atoms with Crippen molar-refractivity contribution in [1.29, 1.82) is 5.26 Å². The van der Waals surface area contributed by atoms with E-state index in [1.807, 2.05) is 13.0 Å². The Hall–Kier alpha value is -2.95. The molecule has 0 saturated carbocycles. The lowest BCUT2D eigenvalue weighted by molar-refractivity contribution is 0.312. The summed E-state index contributed by atoms with van der Waals surface area (Å²) < 4.78 is 18.3. The molecule has 21 heavy (non-hydrogen) atoms. The van der Waals surface area contributed by atoms with E-state index >= 15 is 0 Å². The van der Waals surface area contributed by atoms with E-state index in [-0.39, 0.29) is 17.5 Å². The van der Waals surface area contributed by atoms with Crippen LogP contribution in [0.25, 0.3) is 0 Å². The van der Waals surface area contributed by atoms with Crippen LogP contribution >= 0.6 is 0 Å². The second-order valence-corrected chi connectivity index (χ2v) is 3.87. The normalized spacial score (nSPS) is 9.81. The summed E-state index contributed by atoms with van der Waals surface area (Å²) in [7, 11) is 1.66. The highest BCUT2D eigenvalue weighted by molar-refractivity contribution is 5.63. The third kappa shape index (κ3) is 3.54. The third-order valence-electron chi connectivity index (χ3n) is 2.46. The smallest absolute Gasteiger partial charge is 0.323 e. The van der Waals surface area contributed by atoms with Gasteiger partial charge in [0.05, 0.1) is 17.9 Å². The van der Waals surface area contributed by atoms with Gasteiger partial charge in [-0.3, -0.25) is 0 Å². The lowest BCUT2D eigenvalue weighted by Crippen LogP contribution is -2.07. The van der Waals surface area contributed by atoms with Crippen LogP contribution in [0.4, 0.5) is 22.0 Å². The van der Waals surface area contributed by atoms with Crippen molar-refractivity contribution in [3.8, 4) is 12.1 Å². The van der Waals surface area contributed by atoms with Crippen molar-refractivity contribution in [2.45, 2.75) is 6.92 Å². The first-order chi connectivity index (χ1) is 10.2. The number of nitrogens with zero attached hydrogens (tertiary/aromatic N) is 4. The standard InChI is InChI=1S/C13H13FN6O/c1-3-21-13-19-11(16-2)18-12(20-13)17-10-5-4-9(14)6-8(10)7-15/h4-6H,3H2,1-2H3,(H2,16,17,18,19,20). The summed E-state index contributed by atoms with van der Waals surface area (Å²) in [6, 6.07) is 5.87. The van der Waals surface area contributed by atoms with Crippen LogP contribution in [0.5, 0.6) is 6.01 Å². The number of aromatic nitrogens is 3. The van der Waals surface area contributed by atoms with Crippen molar-refractivity contribution >= 4 is 17.6 Å². The highest BCUT2D eigenvalue weighted by atomic mass is 19.1. The van der Waals surface area contributed by atoms with Gasteiger partial charge in [-0.1, -0.05) is 0 Å². The van der Waals surface area contributed by atoms with Gasteiger partial charge >= 0.3 is 6.01 Å². The van der Waals surface area contributed by atoms with Gasteiger partial charge in [-0.15, -0.1) is 0 Å². The van der Waals surface area contributed by atoms with Crippen LogP contribution in [0, 0.1) is 17.1 Å². The quantitative estimate of drug-likeness (QED) is 0.869. The van der Waals surface area contributed by atoms with E-state index in [0.717, 1.165) is 6.07 Å². The van der Waals surface area contributed by atoms with E-state index in [4.69, 9.17) is 10.00 Å². The van der Waals surface area contributed by atoms with Gasteiger partial charge in [0.1, 0.15) is 11.9 Å². The first-order valence-electron chi connectivity index (χ1n) is 6.19. The summed E-state index contributed by atoms with van der Waals surface area (Å²) in [6.45, 7) is 2.22. The predicted octanol–water partition coefficient (Wildman–Crippen LogP) is 2.07. The number of nitrogens with one attached hydrogen (secondary N) is 2. The van der Waals surface area contributed by atoms with E-state index in [1.165, 1.54) is 12.1 Å². The molecule has 0 fully saturated rings. The largest absolute Gasteiger partial charge is 0.464 e. The number of anilines is 3. The molecule has 2 N–H and O–H groups in total. The molecule has 1 heterocycles. The summed E-state index contributed by atoms with van der Waals surface area (Å²) in [5.74, 6) is 0.0242. The van der Waals surface area contributed by atoms with Crippen molar-refractivity contribution in [3.63, 3.8) is 0 Å². The summed E-state index contributed by atoms with van der Waals surface area (Å²) in [4.78, 5) is 12.2. The highest BCUT2D eigenvalue weighted by Gasteiger charge is 2.09. The van der Waals surface area contributed by atoms with Gasteiger partial charge in [-0.25, -0.2) is 4.39 Å². The Morgan fingerprint density at radius 3 is 2.71 bits per heavy atom. The van der Waals surface area contributed by atoms with Crippen LogP contribution < -0.4 is 15.4 Å². The number of hydrogen-bond donors (Lipinski definition) is 2. The maximum absolute atomic E-state index is 13.1. The lowest BCUT2D eigenvalue weighted by atomic mass is 10.2. The monoisotopic (exact) mass is 288 g/mol. The molecule has 2 rings (SSSR count). The maximum atomic E-state index is 13.1. The summed E-state index contributed by atoms with van der Waals surface area (Å²) in [5.41, 5.74) is 0.550. The van der Waals surface area contributed by atoms with Crippen molar-refractivity contribution in [1.82, 2.24) is 15.0 Å². The van der Waals surface area contributed by atoms with E-state index in [2.05, 4.69) is 25.6 Å². The zero-order valence-corrected chi connectivity index (χ0v) is 11.5. The fourth-order valence-electron chi connectivity index (χ4n) is 1.56. The van der Waals surface area contributed by atoms with E-state index < -0.39 is 5.82 Å². The average molecular weight is 288 g/mol. The molecule has 0 bridgehead atoms. The second kappa shape index (κ2) is 6.47. The SMILES string of the molecule is CCOc1nc(NC)nc(Nc2ccc(F)cc2C#N)n1. The van der Waals surface area contributed by atoms with E-state index in [0.29, 0.717) is 18.2 Å². The van der Waals surface area contributed by atoms with E-state index in [9.17, 15) is 4.39 Å². The summed E-state index contributed by atoms with van der Waals surface area (Å²) in [5, 5.41) is 14.6. The third-order valence-corrected chi connectivity index (χ3v) is 2.46. The minimum atomic E-state index is -0.487. The Morgan fingerprint density at radius 2 is 2.05 bits per heavy atom. The first-order valence-corrected chi connectivity index (χ1v) is 6.19. The average Bonchev–Trinajstić information content (AvgIpc) is 2.49. The molecule has 0 saturated heterocycles. The van der Waals surface area contributed by atoms with Crippen LogP contribution in [-0.2, 0) is 0 Å². The van der Waals surface area contributed by atoms with Crippen LogP contribution in [-0.4, -0.2) is 28.6 Å². The topological polar surface area (TPSA) is 95.8 Å². The fraction of sp³-hybridized carbons (Fsp3) is 0.231. The fourth-order valence-corrected chi connectivity index (χ4v) is 1.56. The number of nitriles is 1. The molecule has 0 amide bonds. The van der Waals surface area contributed by atoms with Gasteiger partial charge in [-0.05, 0) is 25.1 Å². The zero-order chi connectivity index (χ0) is 15.2. The summed E-state index contributed by atoms with van der Waals surface area (Å²) in [6.07, 6.45) is 0. The van der Waals surface area contributed by atoms with Crippen molar-refractivity contribution in [2.24, 2.45) is 0 Å². The molecule has 0 aliphatic rings. The zero-order valence-electron chi connectivity index (χ0n) is 11.5. The van der Waals surface area contributed by atoms with Gasteiger partial charge in [0, 0.05) is 7.05 Å². The molecule has 7 nitrogen and oxygen atoms in total. The number of hydrogen-bond acceptors (Lipinski definition) is 7. The molecule has 108 valence electrons. The van der Waals surface area contributed by atoms with Gasteiger partial charge < -0.3 is 15.4 Å². The number of benzene rings is 1. The highest BCUT2D eigenvalue weighted by Crippen LogP contribution is 2.21. The van der Waals surface area contributed by atoms with Crippen LogP contribution in [0.3, 0.4) is 0 Å². The van der Waals surface area contributed by atoms with Crippen molar-refractivity contribution in [3.05, 3.63) is 29.6 Å². The van der Waals surface area contributed by atoms with Crippen LogP contribution in [0.15, 0.2) is 18.2 Å². The van der Waals surface area contributed by atoms with Crippen LogP contribution in [0.2, 0.25) is 0 Å². The number of rotatable bonds is 5. The molecule has 1 aromatic carbocycles. The Balaban J connectivity index is 2.35. The minimum Gasteiger partial charge on any atom is -0.464 e. The van der Waals surface area contributed by atoms with Gasteiger partial charge in [0.25, 0.3) is 0 Å². The summed E-state index contributed by atoms with van der Waals surface area (Å²) >= 11 is 0. The van der Waals surface area contributed by atoms with Crippen molar-refractivity contribution < 1.29 is 9.13 Å². The minimum absolute atomic E-state index is 0.152. The van der Waals surface area contributed by atoms with E-state index in [1.54, 1.807) is 7.05 Å². The molecule has 0 aliphatic heterocycles. The molecule has 0 unspecified atom stereocenters. The first kappa shape index (κ1) is 14.5. The molecular weight excluding hydrogens is 275 g/mol. The molecule has 1 aromatic heterocycles. The molecule has 2 aromatic rings. The molecular formula is C13H13FN6O. The Kier molecular flexibility index (Phi) is 4.46. The molecule has 0 radical (unpaired) electrons.